The SMILES string of the molecule is CCCOc1ccc(C(=O)CCC(=O)N2CCCN(c3ccc(OC)cc3)CC2)cc1. The fraction of sp³-hybridized carbons (Fsp3) is 0.440. The standard InChI is InChI=1S/C25H32N2O4/c1-3-19-31-23-9-5-20(6-10-23)24(28)13-14-25(29)27-16-4-15-26(17-18-27)21-7-11-22(30-2)12-8-21/h5-12H,3-4,13-19H2,1-2H3. The van der Waals surface area contributed by atoms with Crippen molar-refractivity contribution < 1.29 is 19.1 Å². The van der Waals surface area contributed by atoms with Gasteiger partial charge in [-0.25, -0.2) is 0 Å². The molecule has 0 radical (unpaired) electrons. The first kappa shape index (κ1) is 22.7. The van der Waals surface area contributed by atoms with Gasteiger partial charge in [0.15, 0.2) is 5.78 Å². The lowest BCUT2D eigenvalue weighted by atomic mass is 10.1. The van der Waals surface area contributed by atoms with Gasteiger partial charge < -0.3 is 19.3 Å². The fourth-order valence-corrected chi connectivity index (χ4v) is 3.70. The number of methoxy groups -OCH3 is 1. The summed E-state index contributed by atoms with van der Waals surface area (Å²) in [6, 6.07) is 15.2. The van der Waals surface area contributed by atoms with Gasteiger partial charge in [-0.3, -0.25) is 9.59 Å². The van der Waals surface area contributed by atoms with Gasteiger partial charge in [-0.15, -0.1) is 0 Å². The molecule has 1 amide bonds. The van der Waals surface area contributed by atoms with E-state index in [0.717, 1.165) is 49.7 Å². The second kappa shape index (κ2) is 11.4. The van der Waals surface area contributed by atoms with Gasteiger partial charge in [0.2, 0.25) is 5.91 Å². The third-order valence-corrected chi connectivity index (χ3v) is 5.50. The highest BCUT2D eigenvalue weighted by atomic mass is 16.5. The maximum atomic E-state index is 12.7. The first-order chi connectivity index (χ1) is 15.1. The minimum absolute atomic E-state index is 0.00919. The summed E-state index contributed by atoms with van der Waals surface area (Å²) in [7, 11) is 1.66. The minimum atomic E-state index is -0.00919. The van der Waals surface area contributed by atoms with Gasteiger partial charge in [-0.2, -0.15) is 0 Å². The highest BCUT2D eigenvalue weighted by Gasteiger charge is 2.20. The van der Waals surface area contributed by atoms with Crippen molar-refractivity contribution in [3.63, 3.8) is 0 Å². The Kier molecular flexibility index (Phi) is 8.33. The van der Waals surface area contributed by atoms with E-state index < -0.39 is 0 Å². The van der Waals surface area contributed by atoms with Crippen molar-refractivity contribution in [1.82, 2.24) is 4.90 Å². The molecule has 1 saturated heterocycles. The van der Waals surface area contributed by atoms with Gasteiger partial charge in [0.05, 0.1) is 13.7 Å². The maximum Gasteiger partial charge on any atom is 0.223 e. The van der Waals surface area contributed by atoms with Gasteiger partial charge in [0.25, 0.3) is 0 Å². The number of anilines is 1. The Morgan fingerprint density at radius 2 is 1.58 bits per heavy atom. The van der Waals surface area contributed by atoms with Crippen molar-refractivity contribution in [3.05, 3.63) is 54.1 Å². The maximum absolute atomic E-state index is 12.7. The predicted octanol–water partition coefficient (Wildman–Crippen LogP) is 4.19. The number of hydrogen-bond acceptors (Lipinski definition) is 5. The summed E-state index contributed by atoms with van der Waals surface area (Å²) in [5, 5.41) is 0. The van der Waals surface area contributed by atoms with Crippen LogP contribution in [-0.2, 0) is 4.79 Å². The van der Waals surface area contributed by atoms with Crippen LogP contribution >= 0.6 is 0 Å². The molecule has 0 spiro atoms. The van der Waals surface area contributed by atoms with Crippen molar-refractivity contribution in [2.24, 2.45) is 0 Å². The molecule has 31 heavy (non-hydrogen) atoms. The van der Waals surface area contributed by atoms with Crippen molar-refractivity contribution in [1.29, 1.82) is 0 Å². The normalized spacial score (nSPS) is 14.1. The molecule has 0 saturated carbocycles. The van der Waals surface area contributed by atoms with Crippen LogP contribution in [0, 0.1) is 0 Å². The van der Waals surface area contributed by atoms with Crippen LogP contribution in [0.2, 0.25) is 0 Å². The fourth-order valence-electron chi connectivity index (χ4n) is 3.70. The van der Waals surface area contributed by atoms with Crippen LogP contribution in [-0.4, -0.2) is 56.5 Å². The molecular weight excluding hydrogens is 392 g/mol. The highest BCUT2D eigenvalue weighted by molar-refractivity contribution is 5.98. The van der Waals surface area contributed by atoms with E-state index in [-0.39, 0.29) is 24.5 Å². The molecule has 1 heterocycles. The molecule has 0 unspecified atom stereocenters. The lowest BCUT2D eigenvalue weighted by Crippen LogP contribution is -2.35. The van der Waals surface area contributed by atoms with Crippen molar-refractivity contribution in [2.45, 2.75) is 32.6 Å². The first-order valence-electron chi connectivity index (χ1n) is 11.0. The summed E-state index contributed by atoms with van der Waals surface area (Å²) in [4.78, 5) is 29.4. The van der Waals surface area contributed by atoms with Gasteiger partial charge in [0.1, 0.15) is 11.5 Å². The number of ketones is 1. The van der Waals surface area contributed by atoms with Gasteiger partial charge in [0, 0.05) is 50.3 Å². The molecule has 2 aromatic rings. The topological polar surface area (TPSA) is 59.1 Å². The summed E-state index contributed by atoms with van der Waals surface area (Å²) < 4.78 is 10.8. The molecule has 0 atom stereocenters. The van der Waals surface area contributed by atoms with E-state index in [2.05, 4.69) is 11.8 Å². The number of carbonyl (C=O) groups is 2. The molecule has 3 rings (SSSR count). The largest absolute Gasteiger partial charge is 0.497 e. The zero-order valence-corrected chi connectivity index (χ0v) is 18.5. The van der Waals surface area contributed by atoms with Crippen LogP contribution in [0.3, 0.4) is 0 Å². The molecule has 0 bridgehead atoms. The highest BCUT2D eigenvalue weighted by Crippen LogP contribution is 2.21. The van der Waals surface area contributed by atoms with E-state index >= 15 is 0 Å². The lowest BCUT2D eigenvalue weighted by molar-refractivity contribution is -0.130. The van der Waals surface area contributed by atoms with E-state index in [1.165, 1.54) is 0 Å². The molecule has 1 fully saturated rings. The zero-order chi connectivity index (χ0) is 22.1. The van der Waals surface area contributed by atoms with Gasteiger partial charge in [-0.05, 0) is 61.4 Å². The number of ether oxygens (including phenoxy) is 2. The molecular formula is C25H32N2O4. The molecule has 0 aliphatic carbocycles. The first-order valence-corrected chi connectivity index (χ1v) is 11.0. The number of carbonyl (C=O) groups excluding carboxylic acids is 2. The van der Waals surface area contributed by atoms with Crippen molar-refractivity contribution >= 4 is 17.4 Å². The van der Waals surface area contributed by atoms with Gasteiger partial charge >= 0.3 is 0 Å². The smallest absolute Gasteiger partial charge is 0.223 e. The number of hydrogen-bond donors (Lipinski definition) is 0. The Morgan fingerprint density at radius 3 is 2.26 bits per heavy atom. The number of amides is 1. The quantitative estimate of drug-likeness (QED) is 0.565. The molecule has 6 heteroatoms. The van der Waals surface area contributed by atoms with E-state index in [1.54, 1.807) is 19.2 Å². The number of rotatable bonds is 9. The van der Waals surface area contributed by atoms with Crippen LogP contribution in [0.4, 0.5) is 5.69 Å². The van der Waals surface area contributed by atoms with Crippen LogP contribution in [0.1, 0.15) is 43.0 Å². The number of Topliss-reactive ketones (excluding diaryl/α,β-unsaturated/α-hetero) is 1. The Morgan fingerprint density at radius 1 is 0.871 bits per heavy atom. The average Bonchev–Trinajstić information content (AvgIpc) is 3.08. The zero-order valence-electron chi connectivity index (χ0n) is 18.5. The van der Waals surface area contributed by atoms with Crippen LogP contribution in [0.5, 0.6) is 11.5 Å². The monoisotopic (exact) mass is 424 g/mol. The molecule has 1 aliphatic rings. The predicted molar refractivity (Wildman–Crippen MR) is 122 cm³/mol. The Labute approximate surface area is 184 Å². The molecule has 6 nitrogen and oxygen atoms in total. The van der Waals surface area contributed by atoms with E-state index in [4.69, 9.17) is 9.47 Å². The molecule has 1 aliphatic heterocycles. The lowest BCUT2D eigenvalue weighted by Gasteiger charge is -2.24. The van der Waals surface area contributed by atoms with E-state index in [0.29, 0.717) is 18.7 Å². The number of benzene rings is 2. The Hall–Kier alpha value is -3.02. The van der Waals surface area contributed by atoms with Crippen LogP contribution in [0.15, 0.2) is 48.5 Å². The summed E-state index contributed by atoms with van der Waals surface area (Å²) in [5.74, 6) is 1.64. The van der Waals surface area contributed by atoms with Gasteiger partial charge in [-0.1, -0.05) is 6.92 Å². The molecule has 0 N–H and O–H groups in total. The summed E-state index contributed by atoms with van der Waals surface area (Å²) in [6.45, 7) is 5.79. The minimum Gasteiger partial charge on any atom is -0.497 e. The molecule has 2 aromatic carbocycles. The summed E-state index contributed by atoms with van der Waals surface area (Å²) >= 11 is 0. The Bertz CT molecular complexity index is 849. The van der Waals surface area contributed by atoms with E-state index in [1.807, 2.05) is 41.3 Å². The third kappa shape index (κ3) is 6.48. The van der Waals surface area contributed by atoms with E-state index in [9.17, 15) is 9.59 Å². The Balaban J connectivity index is 1.47. The second-order valence-corrected chi connectivity index (χ2v) is 7.72. The van der Waals surface area contributed by atoms with Crippen molar-refractivity contribution in [2.75, 3.05) is 44.8 Å². The molecule has 0 aromatic heterocycles. The second-order valence-electron chi connectivity index (χ2n) is 7.72. The van der Waals surface area contributed by atoms with Crippen molar-refractivity contribution in [3.8, 4) is 11.5 Å². The third-order valence-electron chi connectivity index (χ3n) is 5.50. The number of nitrogens with zero attached hydrogens (tertiary/aromatic N) is 2. The molecule has 166 valence electrons. The van der Waals surface area contributed by atoms with Crippen LogP contribution in [0.25, 0.3) is 0 Å². The average molecular weight is 425 g/mol. The summed E-state index contributed by atoms with van der Waals surface area (Å²) in [5.41, 5.74) is 1.76. The van der Waals surface area contributed by atoms with Crippen LogP contribution < -0.4 is 14.4 Å². The summed E-state index contributed by atoms with van der Waals surface area (Å²) in [6.07, 6.45) is 2.32.